The molecule has 0 spiro atoms. The lowest BCUT2D eigenvalue weighted by atomic mass is 10.2. The Morgan fingerprint density at radius 1 is 1.04 bits per heavy atom. The molecule has 1 aromatic heterocycles. The monoisotopic (exact) mass is 386 g/mol. The average molecular weight is 386 g/mol. The summed E-state index contributed by atoms with van der Waals surface area (Å²) in [7, 11) is -6.96. The first kappa shape index (κ1) is 19.2. The number of nitrogens with one attached hydrogen (secondary N) is 2. The molecule has 0 aliphatic rings. The van der Waals surface area contributed by atoms with E-state index in [4.69, 9.17) is 4.42 Å². The highest BCUT2D eigenvalue weighted by atomic mass is 32.2. The lowest BCUT2D eigenvalue weighted by Crippen LogP contribution is -2.34. The Morgan fingerprint density at radius 3 is 2.36 bits per heavy atom. The minimum Gasteiger partial charge on any atom is -0.459 e. The summed E-state index contributed by atoms with van der Waals surface area (Å²) in [5.74, 6) is -1.10. The first-order valence-electron chi connectivity index (χ1n) is 7.26. The zero-order chi connectivity index (χ0) is 18.5. The molecule has 2 N–H and O–H groups in total. The van der Waals surface area contributed by atoms with Gasteiger partial charge in [-0.3, -0.25) is 4.79 Å². The SMILES string of the molecule is CS(=O)(=O)NCCNC(=O)c1occc1CS(=O)(=O)c1ccccc1. The second-order valence-electron chi connectivity index (χ2n) is 5.27. The molecule has 1 aromatic carbocycles. The van der Waals surface area contributed by atoms with Gasteiger partial charge in [0.15, 0.2) is 15.6 Å². The summed E-state index contributed by atoms with van der Waals surface area (Å²) in [6.45, 7) is 0.0560. The summed E-state index contributed by atoms with van der Waals surface area (Å²) in [5, 5.41) is 2.47. The van der Waals surface area contributed by atoms with Crippen molar-refractivity contribution in [3.05, 3.63) is 54.0 Å². The highest BCUT2D eigenvalue weighted by molar-refractivity contribution is 7.90. The van der Waals surface area contributed by atoms with Crippen LogP contribution in [0.15, 0.2) is 52.0 Å². The number of benzene rings is 1. The first-order chi connectivity index (χ1) is 11.7. The standard InChI is InChI=1S/C15H18N2O6S2/c1-24(19,20)17-9-8-16-15(18)14-12(7-10-23-14)11-25(21,22)13-5-3-2-4-6-13/h2-7,10,17H,8-9,11H2,1H3,(H,16,18). The molecule has 1 amide bonds. The fourth-order valence-corrected chi connectivity index (χ4v) is 3.91. The predicted molar refractivity (Wildman–Crippen MR) is 91.2 cm³/mol. The molecule has 8 nitrogen and oxygen atoms in total. The van der Waals surface area contributed by atoms with Crippen molar-refractivity contribution in [2.75, 3.05) is 19.3 Å². The van der Waals surface area contributed by atoms with Gasteiger partial charge in [0.2, 0.25) is 10.0 Å². The normalized spacial score (nSPS) is 12.0. The Hall–Kier alpha value is -2.17. The van der Waals surface area contributed by atoms with Crippen LogP contribution in [0.25, 0.3) is 0 Å². The molecule has 0 unspecified atom stereocenters. The van der Waals surface area contributed by atoms with Crippen LogP contribution in [0, 0.1) is 0 Å². The molecule has 10 heteroatoms. The van der Waals surface area contributed by atoms with E-state index in [9.17, 15) is 21.6 Å². The molecule has 0 atom stereocenters. The van der Waals surface area contributed by atoms with Crippen molar-refractivity contribution in [1.29, 1.82) is 0 Å². The van der Waals surface area contributed by atoms with Crippen LogP contribution >= 0.6 is 0 Å². The number of carbonyl (C=O) groups excluding carboxylic acids is 1. The summed E-state index contributed by atoms with van der Waals surface area (Å²) < 4.78 is 54.0. The van der Waals surface area contributed by atoms with Crippen LogP contribution in [-0.2, 0) is 25.6 Å². The number of sulfonamides is 1. The van der Waals surface area contributed by atoms with Crippen molar-refractivity contribution in [2.45, 2.75) is 10.6 Å². The maximum absolute atomic E-state index is 12.4. The zero-order valence-corrected chi connectivity index (χ0v) is 15.1. The number of sulfone groups is 1. The molecular weight excluding hydrogens is 368 g/mol. The van der Waals surface area contributed by atoms with Crippen LogP contribution in [0.3, 0.4) is 0 Å². The van der Waals surface area contributed by atoms with Crippen molar-refractivity contribution in [1.82, 2.24) is 10.0 Å². The number of rotatable bonds is 8. The van der Waals surface area contributed by atoms with E-state index in [1.165, 1.54) is 24.5 Å². The second-order valence-corrected chi connectivity index (χ2v) is 9.09. The maximum Gasteiger partial charge on any atom is 0.287 e. The molecule has 25 heavy (non-hydrogen) atoms. The summed E-state index contributed by atoms with van der Waals surface area (Å²) in [6.07, 6.45) is 2.24. The van der Waals surface area contributed by atoms with Gasteiger partial charge in [-0.1, -0.05) is 18.2 Å². The van der Waals surface area contributed by atoms with E-state index in [0.29, 0.717) is 0 Å². The summed E-state index contributed by atoms with van der Waals surface area (Å²) >= 11 is 0. The van der Waals surface area contributed by atoms with Gasteiger partial charge in [0.25, 0.3) is 5.91 Å². The van der Waals surface area contributed by atoms with E-state index in [0.717, 1.165) is 6.26 Å². The molecule has 2 rings (SSSR count). The van der Waals surface area contributed by atoms with E-state index in [1.54, 1.807) is 18.2 Å². The van der Waals surface area contributed by atoms with Crippen molar-refractivity contribution in [3.8, 4) is 0 Å². The van der Waals surface area contributed by atoms with Gasteiger partial charge >= 0.3 is 0 Å². The van der Waals surface area contributed by atoms with Crippen molar-refractivity contribution < 1.29 is 26.0 Å². The van der Waals surface area contributed by atoms with Gasteiger partial charge in [-0.15, -0.1) is 0 Å². The van der Waals surface area contributed by atoms with E-state index < -0.39 is 25.8 Å². The minimum atomic E-state index is -3.62. The van der Waals surface area contributed by atoms with Crippen molar-refractivity contribution in [2.24, 2.45) is 0 Å². The van der Waals surface area contributed by atoms with Crippen LogP contribution in [0.5, 0.6) is 0 Å². The summed E-state index contributed by atoms with van der Waals surface area (Å²) in [4.78, 5) is 12.2. The number of hydrogen-bond donors (Lipinski definition) is 2. The lowest BCUT2D eigenvalue weighted by Gasteiger charge is -2.07. The fraction of sp³-hybridized carbons (Fsp3) is 0.267. The smallest absolute Gasteiger partial charge is 0.287 e. The molecule has 0 saturated heterocycles. The van der Waals surface area contributed by atoms with Crippen LogP contribution in [-0.4, -0.2) is 42.1 Å². The Kier molecular flexibility index (Phi) is 5.98. The Morgan fingerprint density at radius 2 is 1.72 bits per heavy atom. The molecule has 0 radical (unpaired) electrons. The van der Waals surface area contributed by atoms with E-state index in [2.05, 4.69) is 10.0 Å². The van der Waals surface area contributed by atoms with Gasteiger partial charge in [0.1, 0.15) is 0 Å². The van der Waals surface area contributed by atoms with Crippen molar-refractivity contribution >= 4 is 25.8 Å². The summed E-state index contributed by atoms with van der Waals surface area (Å²) in [5.41, 5.74) is 0.234. The number of hydrogen-bond acceptors (Lipinski definition) is 6. The average Bonchev–Trinajstić information content (AvgIpc) is 2.99. The van der Waals surface area contributed by atoms with Gasteiger partial charge < -0.3 is 9.73 Å². The van der Waals surface area contributed by atoms with Crippen LogP contribution in [0.4, 0.5) is 0 Å². The Balaban J connectivity index is 2.03. The zero-order valence-electron chi connectivity index (χ0n) is 13.4. The molecule has 1 heterocycles. The third-order valence-corrected chi connectivity index (χ3v) is 5.59. The van der Waals surface area contributed by atoms with E-state index in [1.807, 2.05) is 0 Å². The third kappa shape index (κ3) is 5.69. The number of furan rings is 1. The predicted octanol–water partition coefficient (Wildman–Crippen LogP) is 0.532. The van der Waals surface area contributed by atoms with Gasteiger partial charge in [-0.05, 0) is 18.2 Å². The summed E-state index contributed by atoms with van der Waals surface area (Å²) in [6, 6.07) is 9.32. The first-order valence-corrected chi connectivity index (χ1v) is 10.8. The molecule has 136 valence electrons. The number of amides is 1. The third-order valence-electron chi connectivity index (χ3n) is 3.18. The van der Waals surface area contributed by atoms with E-state index >= 15 is 0 Å². The molecule has 0 aliphatic carbocycles. The quantitative estimate of drug-likeness (QED) is 0.638. The van der Waals surface area contributed by atoms with E-state index in [-0.39, 0.29) is 35.1 Å². The second kappa shape index (κ2) is 7.81. The minimum absolute atomic E-state index is 0.0168. The molecule has 0 saturated carbocycles. The molecular formula is C15H18N2O6S2. The van der Waals surface area contributed by atoms with Crippen LogP contribution < -0.4 is 10.0 Å². The topological polar surface area (TPSA) is 123 Å². The Labute approximate surface area is 146 Å². The lowest BCUT2D eigenvalue weighted by molar-refractivity contribution is 0.0925. The highest BCUT2D eigenvalue weighted by Crippen LogP contribution is 2.19. The van der Waals surface area contributed by atoms with Crippen LogP contribution in [0.1, 0.15) is 16.1 Å². The van der Waals surface area contributed by atoms with Gasteiger partial charge in [0, 0.05) is 18.7 Å². The van der Waals surface area contributed by atoms with Gasteiger partial charge in [0.05, 0.1) is 23.2 Å². The number of carbonyl (C=O) groups is 1. The van der Waals surface area contributed by atoms with Crippen molar-refractivity contribution in [3.63, 3.8) is 0 Å². The van der Waals surface area contributed by atoms with Gasteiger partial charge in [-0.2, -0.15) is 0 Å². The van der Waals surface area contributed by atoms with Crippen LogP contribution in [0.2, 0.25) is 0 Å². The Bertz CT molecular complexity index is 933. The largest absolute Gasteiger partial charge is 0.459 e. The molecule has 2 aromatic rings. The highest BCUT2D eigenvalue weighted by Gasteiger charge is 2.22. The molecule has 0 aliphatic heterocycles. The maximum atomic E-state index is 12.4. The fourth-order valence-electron chi connectivity index (χ4n) is 2.06. The molecule has 0 fully saturated rings. The molecule has 0 bridgehead atoms. The van der Waals surface area contributed by atoms with Gasteiger partial charge in [-0.25, -0.2) is 21.6 Å².